The molecule has 1 fully saturated rings. The minimum Gasteiger partial charge on any atom is -0.378 e. The van der Waals surface area contributed by atoms with Crippen LogP contribution in [0.2, 0.25) is 0 Å². The first-order valence-corrected chi connectivity index (χ1v) is 6.27. The standard InChI is InChI=1S/C12H18N4O3/c13-3-4-14-11-9-10(1-2-12(11)16(17)18)15-5-7-19-8-6-15/h1-2,9,14H,3-8,13H2. The molecule has 1 aromatic carbocycles. The molecule has 0 unspecified atom stereocenters. The Morgan fingerprint density at radius 2 is 2.16 bits per heavy atom. The number of benzene rings is 1. The lowest BCUT2D eigenvalue weighted by Gasteiger charge is -2.29. The van der Waals surface area contributed by atoms with Gasteiger partial charge in [-0.1, -0.05) is 0 Å². The van der Waals surface area contributed by atoms with Gasteiger partial charge < -0.3 is 20.7 Å². The van der Waals surface area contributed by atoms with Crippen molar-refractivity contribution in [1.82, 2.24) is 0 Å². The molecule has 0 aliphatic carbocycles. The summed E-state index contributed by atoms with van der Waals surface area (Å²) < 4.78 is 5.30. The maximum Gasteiger partial charge on any atom is 0.292 e. The van der Waals surface area contributed by atoms with Crippen LogP contribution in [0.25, 0.3) is 0 Å². The summed E-state index contributed by atoms with van der Waals surface area (Å²) in [6.45, 7) is 3.90. The summed E-state index contributed by atoms with van der Waals surface area (Å²) in [5.41, 5.74) is 6.98. The van der Waals surface area contributed by atoms with E-state index in [0.29, 0.717) is 32.0 Å². The van der Waals surface area contributed by atoms with Crippen molar-refractivity contribution < 1.29 is 9.66 Å². The maximum atomic E-state index is 11.0. The Morgan fingerprint density at radius 3 is 2.79 bits per heavy atom. The molecule has 1 saturated heterocycles. The Bertz CT molecular complexity index is 447. The highest BCUT2D eigenvalue weighted by molar-refractivity contribution is 5.69. The number of anilines is 2. The van der Waals surface area contributed by atoms with Crippen molar-refractivity contribution in [2.24, 2.45) is 5.73 Å². The quantitative estimate of drug-likeness (QED) is 0.605. The van der Waals surface area contributed by atoms with Crippen molar-refractivity contribution in [3.8, 4) is 0 Å². The molecule has 1 aromatic rings. The minimum atomic E-state index is -0.387. The second-order valence-corrected chi connectivity index (χ2v) is 4.27. The fourth-order valence-corrected chi connectivity index (χ4v) is 2.05. The van der Waals surface area contributed by atoms with E-state index in [4.69, 9.17) is 10.5 Å². The van der Waals surface area contributed by atoms with Gasteiger partial charge in [-0.15, -0.1) is 0 Å². The van der Waals surface area contributed by atoms with E-state index in [9.17, 15) is 10.1 Å². The van der Waals surface area contributed by atoms with Gasteiger partial charge in [-0.3, -0.25) is 10.1 Å². The summed E-state index contributed by atoms with van der Waals surface area (Å²) in [5, 5.41) is 14.0. The Labute approximate surface area is 111 Å². The molecule has 2 rings (SSSR count). The van der Waals surface area contributed by atoms with E-state index < -0.39 is 0 Å². The Balaban J connectivity index is 2.23. The van der Waals surface area contributed by atoms with Gasteiger partial charge >= 0.3 is 0 Å². The Morgan fingerprint density at radius 1 is 1.42 bits per heavy atom. The number of ether oxygens (including phenoxy) is 1. The summed E-state index contributed by atoms with van der Waals surface area (Å²) >= 11 is 0. The van der Waals surface area contributed by atoms with Crippen LogP contribution >= 0.6 is 0 Å². The van der Waals surface area contributed by atoms with E-state index in [1.165, 1.54) is 6.07 Å². The van der Waals surface area contributed by atoms with Gasteiger partial charge in [0.15, 0.2) is 0 Å². The number of nitrogens with one attached hydrogen (secondary N) is 1. The normalized spacial score (nSPS) is 15.3. The fourth-order valence-electron chi connectivity index (χ4n) is 2.05. The summed E-state index contributed by atoms with van der Waals surface area (Å²) in [7, 11) is 0. The molecule has 0 bridgehead atoms. The highest BCUT2D eigenvalue weighted by Crippen LogP contribution is 2.29. The second-order valence-electron chi connectivity index (χ2n) is 4.27. The smallest absolute Gasteiger partial charge is 0.292 e. The van der Waals surface area contributed by atoms with Crippen molar-refractivity contribution >= 4 is 17.1 Å². The van der Waals surface area contributed by atoms with Gasteiger partial charge in [-0.2, -0.15) is 0 Å². The average Bonchev–Trinajstić information content (AvgIpc) is 2.45. The van der Waals surface area contributed by atoms with Crippen LogP contribution < -0.4 is 16.0 Å². The monoisotopic (exact) mass is 266 g/mol. The van der Waals surface area contributed by atoms with E-state index in [1.54, 1.807) is 12.1 Å². The molecular formula is C12H18N4O3. The third kappa shape index (κ3) is 3.33. The molecule has 1 aliphatic heterocycles. The molecular weight excluding hydrogens is 248 g/mol. The van der Waals surface area contributed by atoms with Crippen LogP contribution in [0, 0.1) is 10.1 Å². The zero-order valence-electron chi connectivity index (χ0n) is 10.7. The first kappa shape index (κ1) is 13.6. The average molecular weight is 266 g/mol. The second kappa shape index (κ2) is 6.35. The van der Waals surface area contributed by atoms with Crippen LogP contribution in [-0.4, -0.2) is 44.3 Å². The molecule has 1 aliphatic rings. The van der Waals surface area contributed by atoms with E-state index >= 15 is 0 Å². The summed E-state index contributed by atoms with van der Waals surface area (Å²) in [4.78, 5) is 12.7. The molecule has 19 heavy (non-hydrogen) atoms. The number of nitrogens with zero attached hydrogens (tertiary/aromatic N) is 2. The van der Waals surface area contributed by atoms with Gasteiger partial charge in [0.25, 0.3) is 5.69 Å². The van der Waals surface area contributed by atoms with Crippen LogP contribution in [0.1, 0.15) is 0 Å². The van der Waals surface area contributed by atoms with Crippen molar-refractivity contribution in [2.75, 3.05) is 49.6 Å². The van der Waals surface area contributed by atoms with Crippen LogP contribution in [0.5, 0.6) is 0 Å². The molecule has 0 aromatic heterocycles. The first-order valence-electron chi connectivity index (χ1n) is 6.27. The predicted molar refractivity (Wildman–Crippen MR) is 73.7 cm³/mol. The Kier molecular flexibility index (Phi) is 4.53. The summed E-state index contributed by atoms with van der Waals surface area (Å²) in [6.07, 6.45) is 0. The van der Waals surface area contributed by atoms with Crippen molar-refractivity contribution in [3.05, 3.63) is 28.3 Å². The lowest BCUT2D eigenvalue weighted by molar-refractivity contribution is -0.383. The van der Waals surface area contributed by atoms with Crippen molar-refractivity contribution in [2.45, 2.75) is 0 Å². The van der Waals surface area contributed by atoms with Gasteiger partial charge in [-0.25, -0.2) is 0 Å². The number of nitrogens with two attached hydrogens (primary N) is 1. The molecule has 0 radical (unpaired) electrons. The van der Waals surface area contributed by atoms with E-state index in [2.05, 4.69) is 10.2 Å². The molecule has 0 amide bonds. The zero-order chi connectivity index (χ0) is 13.7. The van der Waals surface area contributed by atoms with E-state index in [0.717, 1.165) is 18.8 Å². The third-order valence-electron chi connectivity index (χ3n) is 3.01. The third-order valence-corrected chi connectivity index (χ3v) is 3.01. The molecule has 0 spiro atoms. The molecule has 104 valence electrons. The van der Waals surface area contributed by atoms with Gasteiger partial charge in [0.2, 0.25) is 0 Å². The molecule has 3 N–H and O–H groups in total. The maximum absolute atomic E-state index is 11.0. The van der Waals surface area contributed by atoms with Crippen LogP contribution in [0.15, 0.2) is 18.2 Å². The largest absolute Gasteiger partial charge is 0.378 e. The predicted octanol–water partition coefficient (Wildman–Crippen LogP) is 0.802. The van der Waals surface area contributed by atoms with Crippen molar-refractivity contribution in [3.63, 3.8) is 0 Å². The summed E-state index contributed by atoms with van der Waals surface area (Å²) in [6, 6.07) is 5.11. The topological polar surface area (TPSA) is 93.7 Å². The molecule has 0 atom stereocenters. The first-order chi connectivity index (χ1) is 9.22. The number of nitro groups is 1. The van der Waals surface area contributed by atoms with Gasteiger partial charge in [0, 0.05) is 37.9 Å². The number of hydrogen-bond donors (Lipinski definition) is 2. The van der Waals surface area contributed by atoms with E-state index in [1.807, 2.05) is 0 Å². The zero-order valence-corrected chi connectivity index (χ0v) is 10.7. The molecule has 1 heterocycles. The summed E-state index contributed by atoms with van der Waals surface area (Å²) in [5.74, 6) is 0. The number of morpholine rings is 1. The van der Waals surface area contributed by atoms with Crippen LogP contribution in [0.4, 0.5) is 17.1 Å². The number of nitro benzene ring substituents is 1. The molecule has 7 nitrogen and oxygen atoms in total. The number of rotatable bonds is 5. The highest BCUT2D eigenvalue weighted by Gasteiger charge is 2.17. The van der Waals surface area contributed by atoms with Crippen molar-refractivity contribution in [1.29, 1.82) is 0 Å². The fraction of sp³-hybridized carbons (Fsp3) is 0.500. The minimum absolute atomic E-state index is 0.0745. The lowest BCUT2D eigenvalue weighted by atomic mass is 10.2. The lowest BCUT2D eigenvalue weighted by Crippen LogP contribution is -2.36. The molecule has 7 heteroatoms. The van der Waals surface area contributed by atoms with Gasteiger partial charge in [0.1, 0.15) is 5.69 Å². The number of hydrogen-bond acceptors (Lipinski definition) is 6. The van der Waals surface area contributed by atoms with Crippen LogP contribution in [-0.2, 0) is 4.74 Å². The van der Waals surface area contributed by atoms with Gasteiger partial charge in [-0.05, 0) is 12.1 Å². The highest BCUT2D eigenvalue weighted by atomic mass is 16.6. The van der Waals surface area contributed by atoms with E-state index in [-0.39, 0.29) is 10.6 Å². The van der Waals surface area contributed by atoms with Gasteiger partial charge in [0.05, 0.1) is 18.1 Å². The molecule has 0 saturated carbocycles. The Hall–Kier alpha value is -1.86. The van der Waals surface area contributed by atoms with Crippen LogP contribution in [0.3, 0.4) is 0 Å². The SMILES string of the molecule is NCCNc1cc(N2CCOCC2)ccc1[N+](=O)[O-].